The van der Waals surface area contributed by atoms with Crippen molar-refractivity contribution in [1.82, 2.24) is 14.9 Å². The number of rotatable bonds is 10. The van der Waals surface area contributed by atoms with Crippen molar-refractivity contribution < 1.29 is 40.7 Å². The highest BCUT2D eigenvalue weighted by atomic mass is 32.2. The molecule has 0 aliphatic carbocycles. The zero-order valence-electron chi connectivity index (χ0n) is 26.7. The van der Waals surface area contributed by atoms with Gasteiger partial charge in [-0.3, -0.25) is 4.79 Å². The summed E-state index contributed by atoms with van der Waals surface area (Å²) in [4.78, 5) is 26.9. The number of carbonyl (C=O) groups excluding carboxylic acids is 2. The number of halogens is 3. The van der Waals surface area contributed by atoms with E-state index in [4.69, 9.17) is 9.47 Å². The molecule has 3 N–H and O–H groups in total. The monoisotopic (exact) mass is 688 g/mol. The molecule has 2 aliphatic heterocycles. The van der Waals surface area contributed by atoms with Crippen LogP contribution in [0.5, 0.6) is 0 Å². The number of hydrogen-bond acceptors (Lipinski definition) is 7. The maximum Gasteiger partial charge on any atom is 0.407 e. The number of anilines is 1. The van der Waals surface area contributed by atoms with E-state index in [2.05, 4.69) is 16.0 Å². The molecular weight excluding hydrogens is 649 g/mol. The van der Waals surface area contributed by atoms with Gasteiger partial charge < -0.3 is 25.4 Å². The highest BCUT2D eigenvalue weighted by Gasteiger charge is 2.47. The molecule has 3 aromatic rings. The maximum absolute atomic E-state index is 15.5. The number of ether oxygens (including phenoxy) is 2. The quantitative estimate of drug-likeness (QED) is 0.287. The lowest BCUT2D eigenvalue weighted by Crippen LogP contribution is -2.59. The fraction of sp³-hybridized carbons (Fsp3) is 0.412. The van der Waals surface area contributed by atoms with E-state index in [1.807, 2.05) is 6.92 Å². The number of piperazine rings is 1. The Balaban J connectivity index is 1.44. The van der Waals surface area contributed by atoms with Crippen molar-refractivity contribution in [3.63, 3.8) is 0 Å². The minimum atomic E-state index is -3.86. The lowest BCUT2D eigenvalue weighted by molar-refractivity contribution is -0.121. The zero-order valence-corrected chi connectivity index (χ0v) is 27.5. The molecule has 2 amide bonds. The number of hydrogen-bond donors (Lipinski definition) is 3. The molecule has 2 fully saturated rings. The van der Waals surface area contributed by atoms with E-state index < -0.39 is 57.0 Å². The molecule has 0 aromatic heterocycles. The molecule has 2 heterocycles. The van der Waals surface area contributed by atoms with Crippen LogP contribution in [0.1, 0.15) is 37.3 Å². The lowest BCUT2D eigenvalue weighted by Gasteiger charge is -2.43. The normalized spacial score (nSPS) is 20.4. The molecule has 0 spiro atoms. The number of amides is 2. The molecule has 0 saturated carbocycles. The number of alkyl carbamates (subject to hydrolysis) is 1. The molecule has 0 radical (unpaired) electrons. The SMILES string of the molecule is COC(=O)NC(C(=O)Nc1cccc(F)c1CC[C@H]1CNC[C@@H](C)N1S(=O)(=O)c1ccccc1)C1(c2ccc(F)c(F)c2)CCOCC1. The highest BCUT2D eigenvalue weighted by molar-refractivity contribution is 7.89. The average molecular weight is 689 g/mol. The van der Waals surface area contributed by atoms with Gasteiger partial charge in [0.15, 0.2) is 11.6 Å². The van der Waals surface area contributed by atoms with Crippen LogP contribution in [0.2, 0.25) is 0 Å². The van der Waals surface area contributed by atoms with Crippen LogP contribution in [-0.4, -0.2) is 76.3 Å². The minimum absolute atomic E-state index is 0.0689. The molecule has 1 unspecified atom stereocenters. The Bertz CT molecular complexity index is 1720. The van der Waals surface area contributed by atoms with Gasteiger partial charge in [0.05, 0.1) is 12.0 Å². The fourth-order valence-corrected chi connectivity index (χ4v) is 8.60. The third-order valence-corrected chi connectivity index (χ3v) is 11.3. The van der Waals surface area contributed by atoms with Gasteiger partial charge in [-0.05, 0) is 74.6 Å². The molecule has 258 valence electrons. The van der Waals surface area contributed by atoms with Crippen molar-refractivity contribution >= 4 is 27.7 Å². The van der Waals surface area contributed by atoms with Gasteiger partial charge in [0.2, 0.25) is 15.9 Å². The van der Waals surface area contributed by atoms with Gasteiger partial charge in [-0.2, -0.15) is 4.31 Å². The summed E-state index contributed by atoms with van der Waals surface area (Å²) in [7, 11) is -2.73. The van der Waals surface area contributed by atoms with Gasteiger partial charge in [0.25, 0.3) is 0 Å². The summed E-state index contributed by atoms with van der Waals surface area (Å²) in [5.74, 6) is -3.52. The van der Waals surface area contributed by atoms with Crippen LogP contribution >= 0.6 is 0 Å². The Kier molecular flexibility index (Phi) is 11.1. The Hall–Kier alpha value is -3.98. The van der Waals surface area contributed by atoms with E-state index in [1.54, 1.807) is 18.2 Å². The first-order valence-electron chi connectivity index (χ1n) is 15.7. The summed E-state index contributed by atoms with van der Waals surface area (Å²) in [6.45, 7) is 2.95. The number of carbonyl (C=O) groups is 2. The van der Waals surface area contributed by atoms with Crippen LogP contribution in [0.15, 0.2) is 71.6 Å². The van der Waals surface area contributed by atoms with Crippen LogP contribution in [0, 0.1) is 17.5 Å². The van der Waals surface area contributed by atoms with Gasteiger partial charge >= 0.3 is 6.09 Å². The van der Waals surface area contributed by atoms with Crippen LogP contribution in [0.25, 0.3) is 0 Å². The van der Waals surface area contributed by atoms with E-state index in [9.17, 15) is 26.8 Å². The first-order valence-corrected chi connectivity index (χ1v) is 17.2. The first-order chi connectivity index (χ1) is 23.0. The molecule has 2 aliphatic rings. The predicted molar refractivity (Wildman–Crippen MR) is 172 cm³/mol. The summed E-state index contributed by atoms with van der Waals surface area (Å²) in [5.41, 5.74) is -0.681. The molecule has 14 heteroatoms. The fourth-order valence-electron chi connectivity index (χ4n) is 6.74. The topological polar surface area (TPSA) is 126 Å². The van der Waals surface area contributed by atoms with E-state index in [0.29, 0.717) is 13.1 Å². The second-order valence-electron chi connectivity index (χ2n) is 12.1. The number of nitrogens with one attached hydrogen (secondary N) is 3. The van der Waals surface area contributed by atoms with Gasteiger partial charge in [-0.1, -0.05) is 30.3 Å². The second-order valence-corrected chi connectivity index (χ2v) is 13.9. The van der Waals surface area contributed by atoms with Gasteiger partial charge in [-0.15, -0.1) is 0 Å². The summed E-state index contributed by atoms with van der Waals surface area (Å²) in [5, 5.41) is 8.58. The van der Waals surface area contributed by atoms with Crippen molar-refractivity contribution in [1.29, 1.82) is 0 Å². The Labute approximate surface area is 278 Å². The Morgan fingerprint density at radius 1 is 1.00 bits per heavy atom. The third kappa shape index (κ3) is 7.36. The minimum Gasteiger partial charge on any atom is -0.453 e. The van der Waals surface area contributed by atoms with E-state index >= 15 is 4.39 Å². The molecule has 0 bridgehead atoms. The second kappa shape index (κ2) is 15.1. The largest absolute Gasteiger partial charge is 0.453 e. The Morgan fingerprint density at radius 3 is 2.42 bits per heavy atom. The lowest BCUT2D eigenvalue weighted by atomic mass is 9.68. The smallest absolute Gasteiger partial charge is 0.407 e. The molecule has 2 saturated heterocycles. The van der Waals surface area contributed by atoms with Crippen molar-refractivity contribution in [3.05, 3.63) is 95.3 Å². The molecule has 10 nitrogen and oxygen atoms in total. The van der Waals surface area contributed by atoms with E-state index in [-0.39, 0.29) is 66.6 Å². The van der Waals surface area contributed by atoms with Crippen molar-refractivity contribution in [2.75, 3.05) is 38.7 Å². The van der Waals surface area contributed by atoms with Crippen LogP contribution in [-0.2, 0) is 36.1 Å². The number of methoxy groups -OCH3 is 1. The van der Waals surface area contributed by atoms with Gasteiger partial charge in [-0.25, -0.2) is 26.4 Å². The Morgan fingerprint density at radius 2 is 1.73 bits per heavy atom. The van der Waals surface area contributed by atoms with Crippen LogP contribution in [0.4, 0.5) is 23.7 Å². The van der Waals surface area contributed by atoms with Crippen molar-refractivity contribution in [3.8, 4) is 0 Å². The average Bonchev–Trinajstić information content (AvgIpc) is 3.08. The summed E-state index contributed by atoms with van der Waals surface area (Å²) in [6.07, 6.45) is -0.280. The number of benzene rings is 3. The van der Waals surface area contributed by atoms with Crippen molar-refractivity contribution in [2.45, 2.75) is 61.0 Å². The maximum atomic E-state index is 15.5. The zero-order chi connectivity index (χ0) is 34.5. The highest BCUT2D eigenvalue weighted by Crippen LogP contribution is 2.40. The van der Waals surface area contributed by atoms with Gasteiger partial charge in [0.1, 0.15) is 11.9 Å². The van der Waals surface area contributed by atoms with E-state index in [1.165, 1.54) is 40.7 Å². The summed E-state index contributed by atoms with van der Waals surface area (Å²) < 4.78 is 83.1. The number of nitrogens with zero attached hydrogens (tertiary/aromatic N) is 1. The molecule has 3 aromatic carbocycles. The molecule has 5 rings (SSSR count). The van der Waals surface area contributed by atoms with Crippen molar-refractivity contribution in [2.24, 2.45) is 0 Å². The van der Waals surface area contributed by atoms with Crippen LogP contribution < -0.4 is 16.0 Å². The molecular formula is C34H39F3N4O6S. The van der Waals surface area contributed by atoms with Gasteiger partial charge in [0, 0.05) is 55.1 Å². The summed E-state index contributed by atoms with van der Waals surface area (Å²) in [6, 6.07) is 13.4. The van der Waals surface area contributed by atoms with Crippen LogP contribution in [0.3, 0.4) is 0 Å². The molecule has 48 heavy (non-hydrogen) atoms. The standard InChI is InChI=1S/C34H39F3N4O6S/c1-22-20-38-21-24(41(22)48(44,45)25-7-4-3-5-8-25)12-13-26-27(35)9-6-10-30(26)39-32(42)31(40-33(43)46-2)34(15-17-47-18-16-34)23-11-14-28(36)29(37)19-23/h3-11,14,19,22,24,31,38H,12-13,15-18,20-21H2,1-2H3,(H,39,42)(H,40,43)/t22-,24+,31?/m1/s1. The summed E-state index contributed by atoms with van der Waals surface area (Å²) >= 11 is 0. The number of sulfonamides is 1. The third-order valence-electron chi connectivity index (χ3n) is 9.18. The first kappa shape index (κ1) is 35.3. The predicted octanol–water partition coefficient (Wildman–Crippen LogP) is 4.50. The molecule has 3 atom stereocenters. The van der Waals surface area contributed by atoms with E-state index in [0.717, 1.165) is 19.2 Å².